The van der Waals surface area contributed by atoms with Crippen LogP contribution in [0.3, 0.4) is 0 Å². The lowest BCUT2D eigenvalue weighted by Crippen LogP contribution is -2.24. The van der Waals surface area contributed by atoms with E-state index in [4.69, 9.17) is 9.84 Å². The molecule has 0 atom stereocenters. The number of aromatic carboxylic acids is 1. The molecule has 0 unspecified atom stereocenters. The monoisotopic (exact) mass is 341 g/mol. The predicted octanol–water partition coefficient (Wildman–Crippen LogP) is 3.42. The molecule has 0 fully saturated rings. The zero-order valence-corrected chi connectivity index (χ0v) is 13.5. The van der Waals surface area contributed by atoms with Gasteiger partial charge in [-0.15, -0.1) is 0 Å². The minimum absolute atomic E-state index is 0.139. The third kappa shape index (κ3) is 6.02. The summed E-state index contributed by atoms with van der Waals surface area (Å²) in [6.07, 6.45) is 3.64. The Morgan fingerprint density at radius 2 is 1.88 bits per heavy atom. The average Bonchev–Trinajstić information content (AvgIpc) is 2.60. The largest absolute Gasteiger partial charge is 0.507 e. The summed E-state index contributed by atoms with van der Waals surface area (Å²) in [5, 5.41) is 21.1. The summed E-state index contributed by atoms with van der Waals surface area (Å²) < 4.78 is 5.08. The molecule has 2 aromatic carbocycles. The van der Waals surface area contributed by atoms with Crippen LogP contribution in [-0.2, 0) is 11.3 Å². The predicted molar refractivity (Wildman–Crippen MR) is 93.3 cm³/mol. The normalized spacial score (nSPS) is 10.6. The van der Waals surface area contributed by atoms with Crippen molar-refractivity contribution >= 4 is 18.1 Å². The van der Waals surface area contributed by atoms with Crippen LogP contribution in [0, 0.1) is 0 Å². The minimum Gasteiger partial charge on any atom is -0.507 e. The van der Waals surface area contributed by atoms with Crippen LogP contribution in [0.15, 0.2) is 54.6 Å². The standard InChI is InChI=1S/C19H19NO5/c21-17-12-14(9-10-16(17)18(22)23)6-4-5-11-20-19(24)25-13-15-7-2-1-3-8-15/h1-4,6-10,12,21H,5,11,13H2,(H,20,24)(H,22,23). The number of phenols is 1. The number of amides is 1. The highest BCUT2D eigenvalue weighted by molar-refractivity contribution is 5.91. The fourth-order valence-corrected chi connectivity index (χ4v) is 2.08. The molecular formula is C19H19NO5. The van der Waals surface area contributed by atoms with Gasteiger partial charge in [0.1, 0.15) is 17.9 Å². The van der Waals surface area contributed by atoms with Crippen molar-refractivity contribution in [2.24, 2.45) is 0 Å². The van der Waals surface area contributed by atoms with Gasteiger partial charge in [-0.1, -0.05) is 48.6 Å². The van der Waals surface area contributed by atoms with Crippen molar-refractivity contribution in [1.82, 2.24) is 5.32 Å². The Labute approximate surface area is 145 Å². The van der Waals surface area contributed by atoms with Gasteiger partial charge in [-0.3, -0.25) is 0 Å². The molecule has 3 N–H and O–H groups in total. The van der Waals surface area contributed by atoms with Crippen LogP contribution in [0.4, 0.5) is 4.79 Å². The van der Waals surface area contributed by atoms with Crippen LogP contribution < -0.4 is 5.32 Å². The van der Waals surface area contributed by atoms with E-state index in [2.05, 4.69) is 5.32 Å². The summed E-state index contributed by atoms with van der Waals surface area (Å²) in [4.78, 5) is 22.4. The van der Waals surface area contributed by atoms with Crippen LogP contribution >= 0.6 is 0 Å². The molecule has 0 bridgehead atoms. The Morgan fingerprint density at radius 1 is 1.12 bits per heavy atom. The van der Waals surface area contributed by atoms with Gasteiger partial charge in [0.25, 0.3) is 0 Å². The van der Waals surface area contributed by atoms with Crippen LogP contribution in [-0.4, -0.2) is 28.8 Å². The molecule has 0 aliphatic carbocycles. The van der Waals surface area contributed by atoms with E-state index in [1.165, 1.54) is 12.1 Å². The van der Waals surface area contributed by atoms with Crippen LogP contribution in [0.25, 0.3) is 6.08 Å². The Bertz CT molecular complexity index is 756. The van der Waals surface area contributed by atoms with Crippen LogP contribution in [0.2, 0.25) is 0 Å². The number of rotatable bonds is 7. The van der Waals surface area contributed by atoms with Crippen molar-refractivity contribution in [2.75, 3.05) is 6.54 Å². The number of carbonyl (C=O) groups is 2. The molecule has 0 spiro atoms. The molecule has 2 aromatic rings. The summed E-state index contributed by atoms with van der Waals surface area (Å²) >= 11 is 0. The first kappa shape index (κ1) is 18.1. The van der Waals surface area contributed by atoms with Gasteiger partial charge in [-0.25, -0.2) is 9.59 Å². The Balaban J connectivity index is 1.70. The number of hydrogen-bond donors (Lipinski definition) is 3. The number of carboxylic acid groups (broad SMARTS) is 1. The number of ether oxygens (including phenoxy) is 1. The first-order valence-electron chi connectivity index (χ1n) is 7.73. The molecule has 6 nitrogen and oxygen atoms in total. The molecule has 130 valence electrons. The van der Waals surface area contributed by atoms with Gasteiger partial charge in [0, 0.05) is 6.54 Å². The van der Waals surface area contributed by atoms with Crippen molar-refractivity contribution in [2.45, 2.75) is 13.0 Å². The number of benzene rings is 2. The van der Waals surface area contributed by atoms with Gasteiger partial charge in [0.15, 0.2) is 0 Å². The molecule has 0 radical (unpaired) electrons. The molecule has 2 rings (SSSR count). The third-order valence-electron chi connectivity index (χ3n) is 3.36. The summed E-state index contributed by atoms with van der Waals surface area (Å²) in [5.74, 6) is -1.46. The fourth-order valence-electron chi connectivity index (χ4n) is 2.08. The lowest BCUT2D eigenvalue weighted by molar-refractivity contribution is 0.0693. The van der Waals surface area contributed by atoms with E-state index < -0.39 is 12.1 Å². The molecule has 0 aliphatic rings. The molecule has 0 aliphatic heterocycles. The van der Waals surface area contributed by atoms with Gasteiger partial charge < -0.3 is 20.3 Å². The zero-order valence-electron chi connectivity index (χ0n) is 13.5. The highest BCUT2D eigenvalue weighted by Gasteiger charge is 2.08. The molecule has 0 saturated carbocycles. The van der Waals surface area contributed by atoms with Crippen LogP contribution in [0.1, 0.15) is 27.9 Å². The quantitative estimate of drug-likeness (QED) is 0.671. The molecule has 1 amide bonds. The van der Waals surface area contributed by atoms with E-state index in [-0.39, 0.29) is 17.9 Å². The summed E-state index contributed by atoms with van der Waals surface area (Å²) in [7, 11) is 0. The Morgan fingerprint density at radius 3 is 2.56 bits per heavy atom. The first-order chi connectivity index (χ1) is 12.1. The maximum atomic E-state index is 11.5. The lowest BCUT2D eigenvalue weighted by atomic mass is 10.1. The van der Waals surface area contributed by atoms with Crippen molar-refractivity contribution < 1.29 is 24.5 Å². The number of carboxylic acids is 1. The number of alkyl carbamates (subject to hydrolysis) is 1. The third-order valence-corrected chi connectivity index (χ3v) is 3.36. The maximum Gasteiger partial charge on any atom is 0.407 e. The second kappa shape index (κ2) is 9.12. The number of nitrogens with one attached hydrogen (secondary N) is 1. The highest BCUT2D eigenvalue weighted by atomic mass is 16.5. The van der Waals surface area contributed by atoms with E-state index >= 15 is 0 Å². The van der Waals surface area contributed by atoms with Gasteiger partial charge in [0.2, 0.25) is 0 Å². The van der Waals surface area contributed by atoms with Gasteiger partial charge >= 0.3 is 12.1 Å². The molecular weight excluding hydrogens is 322 g/mol. The molecule has 0 aromatic heterocycles. The molecule has 0 saturated heterocycles. The smallest absolute Gasteiger partial charge is 0.407 e. The van der Waals surface area contributed by atoms with Crippen molar-refractivity contribution in [3.63, 3.8) is 0 Å². The topological polar surface area (TPSA) is 95.9 Å². The SMILES string of the molecule is O=C(NCCC=Cc1ccc(C(=O)O)c(O)c1)OCc1ccccc1. The lowest BCUT2D eigenvalue weighted by Gasteiger charge is -2.06. The van der Waals surface area contributed by atoms with Gasteiger partial charge in [0.05, 0.1) is 0 Å². The Kier molecular flexibility index (Phi) is 6.59. The van der Waals surface area contributed by atoms with Gasteiger partial charge in [-0.05, 0) is 29.7 Å². The zero-order chi connectivity index (χ0) is 18.1. The fraction of sp³-hybridized carbons (Fsp3) is 0.158. The van der Waals surface area contributed by atoms with Crippen LogP contribution in [0.5, 0.6) is 5.75 Å². The minimum atomic E-state index is -1.17. The maximum absolute atomic E-state index is 11.5. The highest BCUT2D eigenvalue weighted by Crippen LogP contribution is 2.19. The summed E-state index contributed by atoms with van der Waals surface area (Å²) in [6.45, 7) is 0.626. The molecule has 6 heteroatoms. The van der Waals surface area contributed by atoms with E-state index in [9.17, 15) is 14.7 Å². The number of hydrogen-bond acceptors (Lipinski definition) is 4. The summed E-state index contributed by atoms with van der Waals surface area (Å²) in [5.41, 5.74) is 1.45. The van der Waals surface area contributed by atoms with E-state index in [0.29, 0.717) is 18.5 Å². The van der Waals surface area contributed by atoms with E-state index in [0.717, 1.165) is 5.56 Å². The first-order valence-corrected chi connectivity index (χ1v) is 7.73. The second-order valence-corrected chi connectivity index (χ2v) is 5.26. The Hall–Kier alpha value is -3.28. The van der Waals surface area contributed by atoms with E-state index in [1.807, 2.05) is 36.4 Å². The van der Waals surface area contributed by atoms with Crippen molar-refractivity contribution in [3.05, 3.63) is 71.3 Å². The van der Waals surface area contributed by atoms with Gasteiger partial charge in [-0.2, -0.15) is 0 Å². The number of aromatic hydroxyl groups is 1. The molecule has 25 heavy (non-hydrogen) atoms. The van der Waals surface area contributed by atoms with Crippen molar-refractivity contribution in [3.8, 4) is 5.75 Å². The second-order valence-electron chi connectivity index (χ2n) is 5.26. The van der Waals surface area contributed by atoms with Crippen molar-refractivity contribution in [1.29, 1.82) is 0 Å². The molecule has 0 heterocycles. The average molecular weight is 341 g/mol. The summed E-state index contributed by atoms with van der Waals surface area (Å²) in [6, 6.07) is 13.7. The number of carbonyl (C=O) groups excluding carboxylic acids is 1. The van der Waals surface area contributed by atoms with E-state index in [1.54, 1.807) is 12.1 Å².